The van der Waals surface area contributed by atoms with Gasteiger partial charge in [0.05, 0.1) is 11.4 Å². The predicted molar refractivity (Wildman–Crippen MR) is 118 cm³/mol. The highest BCUT2D eigenvalue weighted by molar-refractivity contribution is 5.71. The summed E-state index contributed by atoms with van der Waals surface area (Å²) in [4.78, 5) is 11.6. The van der Waals surface area contributed by atoms with Gasteiger partial charge in [-0.3, -0.25) is 9.36 Å². The number of nitrogens with zero attached hydrogens (tertiary/aromatic N) is 1. The third-order valence-electron chi connectivity index (χ3n) is 3.88. The molecule has 1 aromatic heterocycles. The van der Waals surface area contributed by atoms with Gasteiger partial charge in [-0.25, -0.2) is 8.78 Å². The minimum atomic E-state index is -0.869. The Morgan fingerprint density at radius 3 is 2.07 bits per heavy atom. The number of aliphatic hydroxyl groups is 1. The van der Waals surface area contributed by atoms with Gasteiger partial charge >= 0.3 is 0 Å². The largest absolute Gasteiger partial charge is 0.397 e. The molecule has 1 aromatic carbocycles. The van der Waals surface area contributed by atoms with E-state index in [1.807, 2.05) is 13.8 Å². The monoisotopic (exact) mass is 411 g/mol. The molecule has 2 aromatic rings. The van der Waals surface area contributed by atoms with E-state index in [0.29, 0.717) is 11.5 Å². The Hall–Kier alpha value is -2.41. The second kappa shape index (κ2) is 13.7. The molecule has 29 heavy (non-hydrogen) atoms. The second-order valence-corrected chi connectivity index (χ2v) is 6.48. The summed E-state index contributed by atoms with van der Waals surface area (Å²) in [6, 6.07) is 5.77. The first-order valence-electron chi connectivity index (χ1n) is 9.96. The highest BCUT2D eigenvalue weighted by Crippen LogP contribution is 2.27. The summed E-state index contributed by atoms with van der Waals surface area (Å²) in [6.07, 6.45) is 2.97. The van der Waals surface area contributed by atoms with Crippen LogP contribution in [0.2, 0.25) is 0 Å². The lowest BCUT2D eigenvalue weighted by molar-refractivity contribution is 0.318. The molecule has 1 aliphatic rings. The van der Waals surface area contributed by atoms with E-state index in [4.69, 9.17) is 5.11 Å². The highest BCUT2D eigenvalue weighted by Gasteiger charge is 2.13. The average Bonchev–Trinajstić information content (AvgIpc) is 3.48. The molecule has 0 saturated heterocycles. The number of nitrogens with one attached hydrogen (secondary N) is 2. The lowest BCUT2D eigenvalue weighted by Gasteiger charge is -2.16. The molecule has 3 N–H and O–H groups in total. The van der Waals surface area contributed by atoms with Crippen molar-refractivity contribution in [2.75, 3.05) is 24.3 Å². The van der Waals surface area contributed by atoms with E-state index in [2.05, 4.69) is 17.6 Å². The second-order valence-electron chi connectivity index (χ2n) is 6.48. The Labute approximate surface area is 172 Å². The third kappa shape index (κ3) is 9.09. The molecule has 0 atom stereocenters. The lowest BCUT2D eigenvalue weighted by Crippen LogP contribution is -2.23. The summed E-state index contributed by atoms with van der Waals surface area (Å²) < 4.78 is 28.3. The van der Waals surface area contributed by atoms with Crippen molar-refractivity contribution in [3.63, 3.8) is 0 Å². The summed E-state index contributed by atoms with van der Waals surface area (Å²) >= 11 is 0. The van der Waals surface area contributed by atoms with Crippen LogP contribution in [0.3, 0.4) is 0 Å². The van der Waals surface area contributed by atoms with Crippen LogP contribution in [0.5, 0.6) is 0 Å². The van der Waals surface area contributed by atoms with Crippen molar-refractivity contribution in [1.29, 1.82) is 0 Å². The maximum Gasteiger partial charge on any atom is 0.287 e. The van der Waals surface area contributed by atoms with Gasteiger partial charge in [0.2, 0.25) is 0 Å². The van der Waals surface area contributed by atoms with Crippen LogP contribution in [0.15, 0.2) is 29.1 Å². The number of aryl methyl sites for hydroxylation is 1. The van der Waals surface area contributed by atoms with E-state index in [9.17, 15) is 13.6 Å². The fourth-order valence-electron chi connectivity index (χ4n) is 2.06. The van der Waals surface area contributed by atoms with Gasteiger partial charge in [-0.2, -0.15) is 0 Å². The maximum absolute atomic E-state index is 13.8. The number of benzene rings is 1. The smallest absolute Gasteiger partial charge is 0.287 e. The fourth-order valence-corrected chi connectivity index (χ4v) is 2.06. The SMILES string of the molecule is CC.CC1CC1.CCO.CNc1cc(F)c(=O)n(C)c1Nc1ccc(C)cc1F. The summed E-state index contributed by atoms with van der Waals surface area (Å²) in [7, 11) is 3.01. The molecule has 5 nitrogen and oxygen atoms in total. The number of hydrogen-bond acceptors (Lipinski definition) is 4. The zero-order valence-electron chi connectivity index (χ0n) is 18.6. The van der Waals surface area contributed by atoms with Gasteiger partial charge in [0.1, 0.15) is 11.6 Å². The Morgan fingerprint density at radius 1 is 1.14 bits per heavy atom. The van der Waals surface area contributed by atoms with Crippen LogP contribution >= 0.6 is 0 Å². The van der Waals surface area contributed by atoms with Gasteiger partial charge in [-0.05, 0) is 37.5 Å². The molecule has 7 heteroatoms. The van der Waals surface area contributed by atoms with Crippen molar-refractivity contribution < 1.29 is 13.9 Å². The van der Waals surface area contributed by atoms with Crippen LogP contribution in [0.4, 0.5) is 26.0 Å². The van der Waals surface area contributed by atoms with Gasteiger partial charge in [0.25, 0.3) is 5.56 Å². The van der Waals surface area contributed by atoms with Crippen molar-refractivity contribution in [3.8, 4) is 0 Å². The Kier molecular flexibility index (Phi) is 12.6. The van der Waals surface area contributed by atoms with Crippen LogP contribution in [0.25, 0.3) is 0 Å². The molecule has 0 unspecified atom stereocenters. The molecule has 1 fully saturated rings. The van der Waals surface area contributed by atoms with E-state index in [1.165, 1.54) is 26.0 Å². The number of anilines is 3. The average molecular weight is 412 g/mol. The molecule has 1 heterocycles. The molecule has 0 aliphatic heterocycles. The van der Waals surface area contributed by atoms with E-state index < -0.39 is 17.2 Å². The van der Waals surface area contributed by atoms with Gasteiger partial charge in [-0.1, -0.05) is 39.7 Å². The third-order valence-corrected chi connectivity index (χ3v) is 3.88. The number of aliphatic hydroxyl groups excluding tert-OH is 1. The van der Waals surface area contributed by atoms with Crippen molar-refractivity contribution in [3.05, 3.63) is 51.8 Å². The first kappa shape index (κ1) is 26.6. The quantitative estimate of drug-likeness (QED) is 0.650. The Bertz CT molecular complexity index is 803. The summed E-state index contributed by atoms with van der Waals surface area (Å²) in [5.74, 6) is 0.0669. The molecular formula is C22H35F2N3O2. The molecular weight excluding hydrogens is 376 g/mol. The van der Waals surface area contributed by atoms with Gasteiger partial charge < -0.3 is 15.7 Å². The molecule has 0 spiro atoms. The van der Waals surface area contributed by atoms with Crippen LogP contribution in [0, 0.1) is 24.5 Å². The summed E-state index contributed by atoms with van der Waals surface area (Å²) in [5.41, 5.74) is 0.590. The minimum Gasteiger partial charge on any atom is -0.397 e. The number of rotatable bonds is 3. The van der Waals surface area contributed by atoms with E-state index in [1.54, 1.807) is 33.0 Å². The molecule has 1 saturated carbocycles. The topological polar surface area (TPSA) is 66.3 Å². The molecule has 164 valence electrons. The van der Waals surface area contributed by atoms with Crippen LogP contribution in [-0.4, -0.2) is 23.3 Å². The number of hydrogen-bond donors (Lipinski definition) is 3. The summed E-state index contributed by atoms with van der Waals surface area (Å²) in [5, 5.41) is 13.2. The highest BCUT2D eigenvalue weighted by atomic mass is 19.1. The van der Waals surface area contributed by atoms with Crippen molar-refractivity contribution >= 4 is 17.2 Å². The number of pyridine rings is 1. The number of aromatic nitrogens is 1. The molecule has 0 amide bonds. The predicted octanol–water partition coefficient (Wildman–Crippen LogP) is 5.20. The van der Waals surface area contributed by atoms with E-state index in [-0.39, 0.29) is 12.3 Å². The van der Waals surface area contributed by atoms with Crippen LogP contribution in [-0.2, 0) is 7.05 Å². The molecule has 0 bridgehead atoms. The first-order valence-corrected chi connectivity index (χ1v) is 9.96. The Balaban J connectivity index is 0.000000730. The van der Waals surface area contributed by atoms with Crippen molar-refractivity contribution in [2.24, 2.45) is 13.0 Å². The van der Waals surface area contributed by atoms with Crippen molar-refractivity contribution in [1.82, 2.24) is 4.57 Å². The summed E-state index contributed by atoms with van der Waals surface area (Å²) in [6.45, 7) is 9.99. The molecule has 0 radical (unpaired) electrons. The molecule has 1 aliphatic carbocycles. The van der Waals surface area contributed by atoms with E-state index in [0.717, 1.165) is 22.1 Å². The standard InChI is InChI=1S/C14H15F2N3O.C4H8.C2H6O.C2H6/c1-8-4-5-11(9(15)6-8)18-13-12(17-2)7-10(16)14(20)19(13)3;1-4-2-3-4;1-2-3;1-2/h4-7,17-18H,1-3H3;4H,2-3H2,1H3;3H,2H2,1H3;1-2H3. The van der Waals surface area contributed by atoms with Crippen molar-refractivity contribution in [2.45, 2.75) is 47.5 Å². The fraction of sp³-hybridized carbons (Fsp3) is 0.500. The van der Waals surface area contributed by atoms with Gasteiger partial charge in [-0.15, -0.1) is 0 Å². The minimum absolute atomic E-state index is 0.216. The number of halogens is 2. The maximum atomic E-state index is 13.8. The van der Waals surface area contributed by atoms with E-state index >= 15 is 0 Å². The van der Waals surface area contributed by atoms with Gasteiger partial charge in [0, 0.05) is 26.8 Å². The first-order chi connectivity index (χ1) is 13.7. The normalized spacial score (nSPS) is 11.7. The van der Waals surface area contributed by atoms with Crippen LogP contribution in [0.1, 0.15) is 46.1 Å². The van der Waals surface area contributed by atoms with Gasteiger partial charge in [0.15, 0.2) is 5.82 Å². The Morgan fingerprint density at radius 2 is 1.66 bits per heavy atom. The molecule has 3 rings (SSSR count). The zero-order valence-corrected chi connectivity index (χ0v) is 18.6. The zero-order chi connectivity index (χ0) is 22.6. The lowest BCUT2D eigenvalue weighted by atomic mass is 10.2. The van der Waals surface area contributed by atoms with Crippen LogP contribution < -0.4 is 16.2 Å².